The SMILES string of the molecule is COc1ccc(NC(=O)c2ccc3nn(CC(=O)Nc4ccc(F)c(F)c4)c(=O)n3c2)cc1. The van der Waals surface area contributed by atoms with Gasteiger partial charge in [-0.1, -0.05) is 0 Å². The molecule has 2 N–H and O–H groups in total. The van der Waals surface area contributed by atoms with Gasteiger partial charge in [-0.15, -0.1) is 5.10 Å². The smallest absolute Gasteiger partial charge is 0.350 e. The van der Waals surface area contributed by atoms with Gasteiger partial charge in [0.25, 0.3) is 5.91 Å². The van der Waals surface area contributed by atoms with E-state index in [-0.39, 0.29) is 16.9 Å². The van der Waals surface area contributed by atoms with E-state index in [2.05, 4.69) is 15.7 Å². The molecule has 0 saturated heterocycles. The van der Waals surface area contributed by atoms with E-state index in [9.17, 15) is 23.2 Å². The van der Waals surface area contributed by atoms with Crippen molar-refractivity contribution in [2.45, 2.75) is 6.54 Å². The summed E-state index contributed by atoms with van der Waals surface area (Å²) in [6, 6.07) is 12.6. The monoisotopic (exact) mass is 453 g/mol. The molecule has 0 radical (unpaired) electrons. The lowest BCUT2D eigenvalue weighted by atomic mass is 10.2. The molecule has 2 aromatic heterocycles. The molecule has 0 unspecified atom stereocenters. The molecular weight excluding hydrogens is 436 g/mol. The molecule has 33 heavy (non-hydrogen) atoms. The van der Waals surface area contributed by atoms with Gasteiger partial charge >= 0.3 is 5.69 Å². The summed E-state index contributed by atoms with van der Waals surface area (Å²) in [5.41, 5.74) is 0.350. The Kier molecular flexibility index (Phi) is 5.85. The van der Waals surface area contributed by atoms with Crippen LogP contribution in [0, 0.1) is 11.6 Å². The van der Waals surface area contributed by atoms with E-state index in [1.807, 2.05) is 0 Å². The van der Waals surface area contributed by atoms with E-state index >= 15 is 0 Å². The van der Waals surface area contributed by atoms with Gasteiger partial charge in [0.05, 0.1) is 12.7 Å². The van der Waals surface area contributed by atoms with Gasteiger partial charge in [-0.05, 0) is 48.5 Å². The van der Waals surface area contributed by atoms with Crippen LogP contribution in [0.15, 0.2) is 65.6 Å². The first kappa shape index (κ1) is 21.7. The Morgan fingerprint density at radius 3 is 2.39 bits per heavy atom. The van der Waals surface area contributed by atoms with E-state index in [1.54, 1.807) is 24.3 Å². The Balaban J connectivity index is 1.50. The van der Waals surface area contributed by atoms with Crippen molar-refractivity contribution in [2.75, 3.05) is 17.7 Å². The molecule has 2 aromatic carbocycles. The summed E-state index contributed by atoms with van der Waals surface area (Å²) in [6.07, 6.45) is 1.31. The molecule has 2 heterocycles. The number of pyridine rings is 1. The van der Waals surface area contributed by atoms with Crippen LogP contribution in [0.1, 0.15) is 10.4 Å². The number of halogens is 2. The molecular formula is C22H17F2N5O4. The fourth-order valence-electron chi connectivity index (χ4n) is 3.04. The highest BCUT2D eigenvalue weighted by Gasteiger charge is 2.14. The van der Waals surface area contributed by atoms with Gasteiger partial charge in [0.2, 0.25) is 5.91 Å². The number of anilines is 2. The number of nitrogens with zero attached hydrogens (tertiary/aromatic N) is 3. The van der Waals surface area contributed by atoms with Crippen LogP contribution in [0.3, 0.4) is 0 Å². The summed E-state index contributed by atoms with van der Waals surface area (Å²) in [5.74, 6) is -2.63. The molecule has 0 spiro atoms. The van der Waals surface area contributed by atoms with Gasteiger partial charge in [0.1, 0.15) is 12.3 Å². The molecule has 0 saturated carbocycles. The normalized spacial score (nSPS) is 10.8. The maximum absolute atomic E-state index is 13.3. The topological polar surface area (TPSA) is 107 Å². The van der Waals surface area contributed by atoms with E-state index in [0.717, 1.165) is 21.2 Å². The van der Waals surface area contributed by atoms with Gasteiger partial charge in [0, 0.05) is 23.6 Å². The Labute approximate surface area is 185 Å². The van der Waals surface area contributed by atoms with Crippen LogP contribution < -0.4 is 21.1 Å². The lowest BCUT2D eigenvalue weighted by molar-refractivity contribution is -0.117. The highest BCUT2D eigenvalue weighted by Crippen LogP contribution is 2.16. The Bertz CT molecular complexity index is 1410. The number of ether oxygens (including phenoxy) is 1. The number of rotatable bonds is 6. The molecule has 0 bridgehead atoms. The van der Waals surface area contributed by atoms with Crippen LogP contribution in [-0.2, 0) is 11.3 Å². The maximum atomic E-state index is 13.3. The molecule has 0 atom stereocenters. The summed E-state index contributed by atoms with van der Waals surface area (Å²) in [7, 11) is 1.53. The number of amides is 2. The Morgan fingerprint density at radius 2 is 1.70 bits per heavy atom. The van der Waals surface area contributed by atoms with E-state index in [4.69, 9.17) is 4.74 Å². The van der Waals surface area contributed by atoms with Crippen molar-refractivity contribution in [2.24, 2.45) is 0 Å². The Morgan fingerprint density at radius 1 is 0.970 bits per heavy atom. The molecule has 0 aliphatic heterocycles. The third-order valence-corrected chi connectivity index (χ3v) is 4.68. The molecule has 4 aromatic rings. The minimum Gasteiger partial charge on any atom is -0.497 e. The lowest BCUT2D eigenvalue weighted by Crippen LogP contribution is -2.28. The number of nitrogens with one attached hydrogen (secondary N) is 2. The van der Waals surface area contributed by atoms with Crippen LogP contribution in [0.25, 0.3) is 5.65 Å². The van der Waals surface area contributed by atoms with Crippen LogP contribution >= 0.6 is 0 Å². The van der Waals surface area contributed by atoms with Crippen LogP contribution in [-0.4, -0.2) is 33.1 Å². The number of methoxy groups -OCH3 is 1. The van der Waals surface area contributed by atoms with Crippen molar-refractivity contribution < 1.29 is 23.1 Å². The minimum atomic E-state index is -1.11. The average molecular weight is 453 g/mol. The number of hydrogen-bond donors (Lipinski definition) is 2. The van der Waals surface area contributed by atoms with Gasteiger partial charge in [-0.2, -0.15) is 0 Å². The number of carbonyl (C=O) groups is 2. The van der Waals surface area contributed by atoms with Gasteiger partial charge < -0.3 is 15.4 Å². The molecule has 0 fully saturated rings. The van der Waals surface area contributed by atoms with Crippen LogP contribution in [0.5, 0.6) is 5.75 Å². The van der Waals surface area contributed by atoms with E-state index in [1.165, 1.54) is 31.5 Å². The predicted molar refractivity (Wildman–Crippen MR) is 115 cm³/mol. The zero-order valence-corrected chi connectivity index (χ0v) is 17.2. The van der Waals surface area contributed by atoms with Crippen molar-refractivity contribution in [1.82, 2.24) is 14.2 Å². The third-order valence-electron chi connectivity index (χ3n) is 4.68. The summed E-state index contributed by atoms with van der Waals surface area (Å²) < 4.78 is 33.4. The molecule has 4 rings (SSSR count). The molecule has 11 heteroatoms. The highest BCUT2D eigenvalue weighted by molar-refractivity contribution is 6.04. The quantitative estimate of drug-likeness (QED) is 0.467. The average Bonchev–Trinajstić information content (AvgIpc) is 3.11. The summed E-state index contributed by atoms with van der Waals surface area (Å²) in [5, 5.41) is 9.13. The molecule has 2 amide bonds. The second-order valence-electron chi connectivity index (χ2n) is 6.95. The van der Waals surface area contributed by atoms with Crippen molar-refractivity contribution in [3.05, 3.63) is 88.5 Å². The molecule has 0 aliphatic rings. The van der Waals surface area contributed by atoms with Gasteiger partial charge in [-0.3, -0.25) is 9.59 Å². The van der Waals surface area contributed by atoms with E-state index in [0.29, 0.717) is 11.4 Å². The van der Waals surface area contributed by atoms with Crippen molar-refractivity contribution in [3.63, 3.8) is 0 Å². The molecule has 168 valence electrons. The van der Waals surface area contributed by atoms with Crippen LogP contribution in [0.4, 0.5) is 20.2 Å². The second-order valence-corrected chi connectivity index (χ2v) is 6.95. The van der Waals surface area contributed by atoms with Crippen molar-refractivity contribution >= 4 is 28.8 Å². The first-order chi connectivity index (χ1) is 15.8. The zero-order chi connectivity index (χ0) is 23.5. The second kappa shape index (κ2) is 8.91. The van der Waals surface area contributed by atoms with Crippen molar-refractivity contribution in [1.29, 1.82) is 0 Å². The predicted octanol–water partition coefficient (Wildman–Crippen LogP) is 2.67. The third kappa shape index (κ3) is 4.71. The first-order valence-electron chi connectivity index (χ1n) is 9.63. The fraction of sp³-hybridized carbons (Fsp3) is 0.0909. The lowest BCUT2D eigenvalue weighted by Gasteiger charge is -2.06. The number of fused-ring (bicyclic) bond motifs is 1. The number of benzene rings is 2. The fourth-order valence-corrected chi connectivity index (χ4v) is 3.04. The summed E-state index contributed by atoms with van der Waals surface area (Å²) in [4.78, 5) is 37.4. The number of carbonyl (C=O) groups excluding carboxylic acids is 2. The van der Waals surface area contributed by atoms with Gasteiger partial charge in [-0.25, -0.2) is 22.7 Å². The Hall–Kier alpha value is -4.54. The van der Waals surface area contributed by atoms with Crippen molar-refractivity contribution in [3.8, 4) is 5.75 Å². The largest absolute Gasteiger partial charge is 0.497 e. The van der Waals surface area contributed by atoms with E-state index < -0.39 is 35.7 Å². The summed E-state index contributed by atoms with van der Waals surface area (Å²) >= 11 is 0. The zero-order valence-electron chi connectivity index (χ0n) is 17.2. The minimum absolute atomic E-state index is 0.0354. The summed E-state index contributed by atoms with van der Waals surface area (Å²) in [6.45, 7) is -0.465. The number of hydrogen-bond acceptors (Lipinski definition) is 5. The maximum Gasteiger partial charge on any atom is 0.350 e. The molecule has 0 aliphatic carbocycles. The standard InChI is InChI=1S/C22H17F2N5O4/c1-33-16-6-3-14(4-7-16)26-21(31)13-2-9-19-27-29(22(32)28(19)11-13)12-20(30)25-15-5-8-17(23)18(24)10-15/h2-11H,12H2,1H3,(H,25,30)(H,26,31). The van der Waals surface area contributed by atoms with Gasteiger partial charge in [0.15, 0.2) is 17.3 Å². The first-order valence-corrected chi connectivity index (χ1v) is 9.63. The highest BCUT2D eigenvalue weighted by atomic mass is 19.2. The number of aromatic nitrogens is 3. The molecule has 9 nitrogen and oxygen atoms in total. The van der Waals surface area contributed by atoms with Crippen LogP contribution in [0.2, 0.25) is 0 Å².